The minimum Gasteiger partial charge on any atom is -0.385 e. The molecular formula is C12H11N3O. The van der Waals surface area contributed by atoms with Crippen LogP contribution in [0.5, 0.6) is 0 Å². The molecule has 0 saturated carbocycles. The van der Waals surface area contributed by atoms with Gasteiger partial charge in [0.25, 0.3) is 0 Å². The summed E-state index contributed by atoms with van der Waals surface area (Å²) in [7, 11) is 0. The predicted octanol–water partition coefficient (Wildman–Crippen LogP) is 1.90. The molecular weight excluding hydrogens is 202 g/mol. The van der Waals surface area contributed by atoms with Gasteiger partial charge in [-0.05, 0) is 25.1 Å². The average Bonchev–Trinajstić information content (AvgIpc) is 2.56. The highest BCUT2D eigenvalue weighted by Crippen LogP contribution is 2.26. The highest BCUT2D eigenvalue weighted by atomic mass is 16.1. The number of nitrogen functional groups attached to an aromatic ring is 1. The van der Waals surface area contributed by atoms with Crippen LogP contribution in [-0.2, 0) is 0 Å². The molecule has 0 aliphatic heterocycles. The molecule has 0 bridgehead atoms. The van der Waals surface area contributed by atoms with E-state index in [1.807, 2.05) is 19.1 Å². The lowest BCUT2D eigenvalue weighted by molar-refractivity contribution is 1.23. The smallest absolute Gasteiger partial charge is 0.180 e. The summed E-state index contributed by atoms with van der Waals surface area (Å²) in [6.45, 7) is 1.95. The van der Waals surface area contributed by atoms with Crippen molar-refractivity contribution in [1.82, 2.24) is 9.97 Å². The molecule has 0 unspecified atom stereocenters. The largest absolute Gasteiger partial charge is 0.385 e. The number of aryl methyl sites for hydroxylation is 1. The van der Waals surface area contributed by atoms with Crippen molar-refractivity contribution in [2.45, 2.75) is 6.92 Å². The molecule has 4 nitrogen and oxygen atoms in total. The van der Waals surface area contributed by atoms with Gasteiger partial charge in [0.1, 0.15) is 5.82 Å². The van der Waals surface area contributed by atoms with Gasteiger partial charge in [0, 0.05) is 22.5 Å². The van der Waals surface area contributed by atoms with Gasteiger partial charge >= 0.3 is 0 Å². The van der Waals surface area contributed by atoms with Crippen LogP contribution < -0.4 is 11.2 Å². The predicted molar refractivity (Wildman–Crippen MR) is 65.6 cm³/mol. The van der Waals surface area contributed by atoms with E-state index in [9.17, 15) is 4.79 Å². The number of nitrogens with two attached hydrogens (primary N) is 1. The first-order valence-electron chi connectivity index (χ1n) is 5.06. The summed E-state index contributed by atoms with van der Waals surface area (Å²) in [5.74, 6) is 0.622. The number of anilines is 1. The van der Waals surface area contributed by atoms with Gasteiger partial charge in [-0.15, -0.1) is 0 Å². The van der Waals surface area contributed by atoms with E-state index >= 15 is 0 Å². The lowest BCUT2D eigenvalue weighted by atomic mass is 10.1. The maximum atomic E-state index is 11.3. The van der Waals surface area contributed by atoms with Gasteiger partial charge < -0.3 is 15.7 Å². The van der Waals surface area contributed by atoms with Crippen molar-refractivity contribution in [2.75, 3.05) is 5.73 Å². The van der Waals surface area contributed by atoms with Crippen LogP contribution in [0.25, 0.3) is 21.8 Å². The molecule has 0 amide bonds. The summed E-state index contributed by atoms with van der Waals surface area (Å²) in [6.07, 6.45) is 0. The highest BCUT2D eigenvalue weighted by Gasteiger charge is 2.07. The molecule has 0 saturated heterocycles. The first-order chi connectivity index (χ1) is 7.65. The zero-order chi connectivity index (χ0) is 11.3. The van der Waals surface area contributed by atoms with Gasteiger partial charge in [0.2, 0.25) is 0 Å². The van der Waals surface area contributed by atoms with Crippen molar-refractivity contribution in [1.29, 1.82) is 0 Å². The molecule has 0 fully saturated rings. The first kappa shape index (κ1) is 9.03. The van der Waals surface area contributed by atoms with Crippen LogP contribution in [0.3, 0.4) is 0 Å². The Morgan fingerprint density at radius 2 is 1.94 bits per heavy atom. The Bertz CT molecular complexity index is 752. The first-order valence-corrected chi connectivity index (χ1v) is 5.06. The van der Waals surface area contributed by atoms with E-state index in [1.54, 1.807) is 12.1 Å². The Kier molecular flexibility index (Phi) is 1.63. The van der Waals surface area contributed by atoms with E-state index in [0.29, 0.717) is 5.82 Å². The number of hydrogen-bond donors (Lipinski definition) is 3. The lowest BCUT2D eigenvalue weighted by Gasteiger charge is -1.99. The minimum atomic E-state index is 0.00802. The molecule has 1 aromatic carbocycles. The molecule has 4 heteroatoms. The SMILES string of the molecule is Cc1[nH]c(N)cc2c1[nH]c1cc(=O)ccc12. The fourth-order valence-electron chi connectivity index (χ4n) is 2.11. The second-order valence-electron chi connectivity index (χ2n) is 3.97. The fraction of sp³-hybridized carbons (Fsp3) is 0.0833. The summed E-state index contributed by atoms with van der Waals surface area (Å²) < 4.78 is 0. The maximum Gasteiger partial charge on any atom is 0.180 e. The van der Waals surface area contributed by atoms with Crippen molar-refractivity contribution in [2.24, 2.45) is 0 Å². The van der Waals surface area contributed by atoms with Crippen LogP contribution in [0, 0.1) is 6.92 Å². The average molecular weight is 213 g/mol. The number of rotatable bonds is 0. The number of benzene rings is 1. The van der Waals surface area contributed by atoms with Gasteiger partial charge in [0.15, 0.2) is 5.43 Å². The van der Waals surface area contributed by atoms with Crippen molar-refractivity contribution in [3.8, 4) is 0 Å². The fourth-order valence-corrected chi connectivity index (χ4v) is 2.11. The molecule has 2 aromatic heterocycles. The standard InChI is InChI=1S/C12H11N3O/c1-6-12-9(5-11(13)14-6)8-3-2-7(16)4-10(8)15-12/h2-5,14-15H,13H2,1H3. The molecule has 0 radical (unpaired) electrons. The molecule has 80 valence electrons. The topological polar surface area (TPSA) is 74.7 Å². The third-order valence-corrected chi connectivity index (χ3v) is 2.82. The zero-order valence-corrected chi connectivity index (χ0v) is 8.79. The molecule has 3 aromatic rings. The zero-order valence-electron chi connectivity index (χ0n) is 8.79. The maximum absolute atomic E-state index is 11.3. The van der Waals surface area contributed by atoms with Gasteiger partial charge in [-0.25, -0.2) is 0 Å². The van der Waals surface area contributed by atoms with Gasteiger partial charge in [0.05, 0.1) is 11.0 Å². The molecule has 0 atom stereocenters. The summed E-state index contributed by atoms with van der Waals surface area (Å²) >= 11 is 0. The second-order valence-corrected chi connectivity index (χ2v) is 3.97. The summed E-state index contributed by atoms with van der Waals surface area (Å²) in [6, 6.07) is 6.88. The molecule has 16 heavy (non-hydrogen) atoms. The number of hydrogen-bond acceptors (Lipinski definition) is 2. The molecule has 0 spiro atoms. The van der Waals surface area contributed by atoms with E-state index in [0.717, 1.165) is 27.5 Å². The van der Waals surface area contributed by atoms with Gasteiger partial charge in [-0.3, -0.25) is 4.79 Å². The normalized spacial score (nSPS) is 11.3. The Labute approximate surface area is 91.1 Å². The van der Waals surface area contributed by atoms with Crippen LogP contribution in [0.2, 0.25) is 0 Å². The monoisotopic (exact) mass is 213 g/mol. The quantitative estimate of drug-likeness (QED) is 0.533. The summed E-state index contributed by atoms with van der Waals surface area (Å²) in [5, 5.41) is 2.07. The third kappa shape index (κ3) is 1.13. The number of H-pyrrole nitrogens is 2. The Morgan fingerprint density at radius 1 is 1.12 bits per heavy atom. The highest BCUT2D eigenvalue weighted by molar-refractivity contribution is 6.08. The number of aromatic amines is 2. The minimum absolute atomic E-state index is 0.00802. The van der Waals surface area contributed by atoms with E-state index < -0.39 is 0 Å². The van der Waals surface area contributed by atoms with E-state index in [4.69, 9.17) is 5.73 Å². The van der Waals surface area contributed by atoms with Crippen molar-refractivity contribution in [3.63, 3.8) is 0 Å². The Hall–Kier alpha value is -2.23. The molecule has 3 rings (SSSR count). The Morgan fingerprint density at radius 3 is 2.75 bits per heavy atom. The van der Waals surface area contributed by atoms with Crippen LogP contribution in [0.4, 0.5) is 5.82 Å². The number of aromatic nitrogens is 2. The lowest BCUT2D eigenvalue weighted by Crippen LogP contribution is -1.93. The van der Waals surface area contributed by atoms with E-state index in [-0.39, 0.29) is 5.43 Å². The number of pyridine rings is 1. The second kappa shape index (κ2) is 2.88. The van der Waals surface area contributed by atoms with Gasteiger partial charge in [-0.1, -0.05) is 0 Å². The van der Waals surface area contributed by atoms with Crippen LogP contribution in [-0.4, -0.2) is 9.97 Å². The van der Waals surface area contributed by atoms with Crippen molar-refractivity contribution >= 4 is 27.6 Å². The van der Waals surface area contributed by atoms with E-state index in [2.05, 4.69) is 9.97 Å². The molecule has 0 aliphatic carbocycles. The summed E-state index contributed by atoms with van der Waals surface area (Å²) in [4.78, 5) is 17.5. The summed E-state index contributed by atoms with van der Waals surface area (Å²) in [5.41, 5.74) is 8.60. The number of fused-ring (bicyclic) bond motifs is 3. The van der Waals surface area contributed by atoms with Crippen LogP contribution in [0.1, 0.15) is 5.69 Å². The van der Waals surface area contributed by atoms with Gasteiger partial charge in [-0.2, -0.15) is 0 Å². The van der Waals surface area contributed by atoms with E-state index in [1.165, 1.54) is 0 Å². The third-order valence-electron chi connectivity index (χ3n) is 2.82. The molecule has 0 aliphatic rings. The molecule has 4 N–H and O–H groups in total. The molecule has 2 heterocycles. The van der Waals surface area contributed by atoms with Crippen LogP contribution in [0.15, 0.2) is 29.1 Å². The van der Waals surface area contributed by atoms with Crippen molar-refractivity contribution in [3.05, 3.63) is 40.2 Å². The number of nitrogens with one attached hydrogen (secondary N) is 2. The van der Waals surface area contributed by atoms with Crippen LogP contribution >= 0.6 is 0 Å². The Balaban J connectivity index is 2.60. The van der Waals surface area contributed by atoms with Crippen molar-refractivity contribution < 1.29 is 0 Å².